The quantitative estimate of drug-likeness (QED) is 0.160. The summed E-state index contributed by atoms with van der Waals surface area (Å²) in [5.74, 6) is 0. The van der Waals surface area contributed by atoms with Crippen molar-refractivity contribution in [3.63, 3.8) is 0 Å². The van der Waals surface area contributed by atoms with Gasteiger partial charge in [0.05, 0.1) is 22.1 Å². The Labute approximate surface area is 376 Å². The summed E-state index contributed by atoms with van der Waals surface area (Å²) in [5, 5.41) is 9.48. The minimum atomic E-state index is 0.862. The second kappa shape index (κ2) is 15.0. The van der Waals surface area contributed by atoms with Crippen LogP contribution in [0.25, 0.3) is 104 Å². The standard InChI is InChI=1S/C62H40N2O/c1-2-13-47-39-49(28-27-41(47)11-1)44-25-23-42(24-26-44)43-29-34-50(35-30-43)63(59-21-10-22-60-61(59)56-38-33-46-12-3-4-16-53(46)62(56)65-60)51-36-31-45(32-37-51)48-14-9-15-52(40-48)64-57-19-7-5-17-54(57)55-18-6-8-20-58(55)64/h1-40H. The van der Waals surface area contributed by atoms with Crippen molar-refractivity contribution in [1.82, 2.24) is 4.57 Å². The second-order valence-electron chi connectivity index (χ2n) is 16.9. The van der Waals surface area contributed by atoms with Crippen molar-refractivity contribution in [2.24, 2.45) is 0 Å². The van der Waals surface area contributed by atoms with Crippen molar-refractivity contribution < 1.29 is 4.42 Å². The minimum absolute atomic E-state index is 0.862. The number of benzene rings is 11. The highest BCUT2D eigenvalue weighted by molar-refractivity contribution is 6.19. The maximum absolute atomic E-state index is 6.71. The van der Waals surface area contributed by atoms with E-state index in [1.54, 1.807) is 0 Å². The third-order valence-corrected chi connectivity index (χ3v) is 13.2. The monoisotopic (exact) mass is 828 g/mol. The Balaban J connectivity index is 0.900. The van der Waals surface area contributed by atoms with Crippen molar-refractivity contribution in [3.8, 4) is 39.1 Å². The lowest BCUT2D eigenvalue weighted by Crippen LogP contribution is -2.10. The van der Waals surface area contributed by atoms with Crippen LogP contribution in [0.1, 0.15) is 0 Å². The fourth-order valence-corrected chi connectivity index (χ4v) is 10.0. The molecule has 65 heavy (non-hydrogen) atoms. The van der Waals surface area contributed by atoms with Gasteiger partial charge in [-0.2, -0.15) is 0 Å². The lowest BCUT2D eigenvalue weighted by atomic mass is 9.98. The van der Waals surface area contributed by atoms with Crippen LogP contribution < -0.4 is 4.90 Å². The molecule has 2 aromatic heterocycles. The molecular formula is C62H40N2O. The normalized spacial score (nSPS) is 11.7. The summed E-state index contributed by atoms with van der Waals surface area (Å²) in [7, 11) is 0. The number of nitrogens with zero attached hydrogens (tertiary/aromatic N) is 2. The minimum Gasteiger partial charge on any atom is -0.455 e. The third kappa shape index (κ3) is 6.20. The van der Waals surface area contributed by atoms with Crippen LogP contribution in [0.4, 0.5) is 17.1 Å². The summed E-state index contributed by atoms with van der Waals surface area (Å²) in [4.78, 5) is 2.37. The van der Waals surface area contributed by atoms with E-state index in [4.69, 9.17) is 4.42 Å². The molecular weight excluding hydrogens is 789 g/mol. The van der Waals surface area contributed by atoms with Crippen molar-refractivity contribution in [3.05, 3.63) is 243 Å². The first-order valence-electron chi connectivity index (χ1n) is 22.2. The molecule has 304 valence electrons. The highest BCUT2D eigenvalue weighted by Crippen LogP contribution is 2.45. The molecule has 0 saturated carbocycles. The predicted octanol–water partition coefficient (Wildman–Crippen LogP) is 17.5. The fraction of sp³-hybridized carbons (Fsp3) is 0. The van der Waals surface area contributed by atoms with Crippen molar-refractivity contribution in [2.45, 2.75) is 0 Å². The Bertz CT molecular complexity index is 3880. The van der Waals surface area contributed by atoms with Gasteiger partial charge in [0.1, 0.15) is 11.2 Å². The van der Waals surface area contributed by atoms with Crippen molar-refractivity contribution >= 4 is 82.4 Å². The lowest BCUT2D eigenvalue weighted by Gasteiger charge is -2.26. The van der Waals surface area contributed by atoms with Crippen molar-refractivity contribution in [2.75, 3.05) is 4.90 Å². The molecule has 0 aliphatic heterocycles. The van der Waals surface area contributed by atoms with Crippen LogP contribution in [0.2, 0.25) is 0 Å². The zero-order valence-electron chi connectivity index (χ0n) is 35.4. The van der Waals surface area contributed by atoms with Gasteiger partial charge < -0.3 is 13.9 Å². The number of para-hydroxylation sites is 2. The average Bonchev–Trinajstić information content (AvgIpc) is 3.94. The molecule has 0 fully saturated rings. The number of hydrogen-bond acceptors (Lipinski definition) is 2. The van der Waals surface area contributed by atoms with Gasteiger partial charge in [0.25, 0.3) is 0 Å². The van der Waals surface area contributed by atoms with Gasteiger partial charge in [0, 0.05) is 38.6 Å². The highest BCUT2D eigenvalue weighted by Gasteiger charge is 2.21. The lowest BCUT2D eigenvalue weighted by molar-refractivity contribution is 0.672. The van der Waals surface area contributed by atoms with Gasteiger partial charge in [0.2, 0.25) is 0 Å². The number of aromatic nitrogens is 1. The van der Waals surface area contributed by atoms with Gasteiger partial charge in [-0.05, 0) is 122 Å². The van der Waals surface area contributed by atoms with Crippen LogP contribution in [0.3, 0.4) is 0 Å². The molecule has 0 saturated heterocycles. The summed E-state index contributed by atoms with van der Waals surface area (Å²) in [6.45, 7) is 0. The van der Waals surface area contributed by atoms with E-state index in [1.807, 2.05) is 0 Å². The largest absolute Gasteiger partial charge is 0.455 e. The molecule has 0 unspecified atom stereocenters. The van der Waals surface area contributed by atoms with E-state index in [0.717, 1.165) is 72.2 Å². The van der Waals surface area contributed by atoms with Crippen LogP contribution in [0.5, 0.6) is 0 Å². The molecule has 0 N–H and O–H groups in total. The van der Waals surface area contributed by atoms with E-state index < -0.39 is 0 Å². The van der Waals surface area contributed by atoms with E-state index in [9.17, 15) is 0 Å². The first-order chi connectivity index (χ1) is 32.2. The summed E-state index contributed by atoms with van der Waals surface area (Å²) < 4.78 is 9.09. The van der Waals surface area contributed by atoms with E-state index in [2.05, 4.69) is 252 Å². The van der Waals surface area contributed by atoms with E-state index in [-0.39, 0.29) is 0 Å². The van der Waals surface area contributed by atoms with Crippen LogP contribution in [-0.2, 0) is 0 Å². The number of hydrogen-bond donors (Lipinski definition) is 0. The van der Waals surface area contributed by atoms with Crippen LogP contribution in [0.15, 0.2) is 247 Å². The summed E-state index contributed by atoms with van der Waals surface area (Å²) in [6.07, 6.45) is 0. The maximum atomic E-state index is 6.71. The molecule has 2 heterocycles. The SMILES string of the molecule is c1cc(-c2ccc(N(c3ccc(-c4ccc(-c5ccc6ccccc6c5)cc4)cc3)c3cccc4oc5c6ccccc6ccc5c34)cc2)cc(-n2c3ccccc3c3ccccc32)c1. The van der Waals surface area contributed by atoms with Gasteiger partial charge in [-0.1, -0.05) is 170 Å². The summed E-state index contributed by atoms with van der Waals surface area (Å²) >= 11 is 0. The molecule has 3 heteroatoms. The van der Waals surface area contributed by atoms with Gasteiger partial charge in [-0.25, -0.2) is 0 Å². The average molecular weight is 829 g/mol. The molecule has 0 radical (unpaired) electrons. The van der Waals surface area contributed by atoms with Gasteiger partial charge >= 0.3 is 0 Å². The molecule has 0 aliphatic rings. The molecule has 3 nitrogen and oxygen atoms in total. The Morgan fingerprint density at radius 1 is 0.323 bits per heavy atom. The first kappa shape index (κ1) is 36.9. The topological polar surface area (TPSA) is 21.3 Å². The molecule has 0 amide bonds. The Hall–Kier alpha value is -8.66. The third-order valence-electron chi connectivity index (χ3n) is 13.2. The van der Waals surface area contributed by atoms with E-state index >= 15 is 0 Å². The van der Waals surface area contributed by atoms with Gasteiger partial charge in [-0.15, -0.1) is 0 Å². The molecule has 0 spiro atoms. The highest BCUT2D eigenvalue weighted by atomic mass is 16.3. The van der Waals surface area contributed by atoms with Crippen LogP contribution in [0, 0.1) is 0 Å². The van der Waals surface area contributed by atoms with E-state index in [1.165, 1.54) is 49.3 Å². The molecule has 11 aromatic carbocycles. The maximum Gasteiger partial charge on any atom is 0.143 e. The van der Waals surface area contributed by atoms with E-state index in [0.29, 0.717) is 0 Å². The number of anilines is 3. The van der Waals surface area contributed by atoms with Gasteiger partial charge in [0.15, 0.2) is 0 Å². The Kier molecular flexibility index (Phi) is 8.53. The second-order valence-corrected chi connectivity index (χ2v) is 16.9. The summed E-state index contributed by atoms with van der Waals surface area (Å²) in [5.41, 5.74) is 15.6. The molecule has 0 aliphatic carbocycles. The van der Waals surface area contributed by atoms with Crippen LogP contribution >= 0.6 is 0 Å². The molecule has 13 rings (SSSR count). The van der Waals surface area contributed by atoms with Crippen LogP contribution in [-0.4, -0.2) is 4.57 Å². The smallest absolute Gasteiger partial charge is 0.143 e. The molecule has 0 bridgehead atoms. The van der Waals surface area contributed by atoms with Crippen molar-refractivity contribution in [1.29, 1.82) is 0 Å². The number of rotatable bonds is 7. The zero-order chi connectivity index (χ0) is 42.8. The predicted molar refractivity (Wildman–Crippen MR) is 274 cm³/mol. The fourth-order valence-electron chi connectivity index (χ4n) is 10.0. The summed E-state index contributed by atoms with van der Waals surface area (Å²) in [6, 6.07) is 87.6. The molecule has 13 aromatic rings. The first-order valence-corrected chi connectivity index (χ1v) is 22.2. The number of furan rings is 1. The number of fused-ring (bicyclic) bond motifs is 9. The Morgan fingerprint density at radius 2 is 0.831 bits per heavy atom. The van der Waals surface area contributed by atoms with Gasteiger partial charge in [-0.3, -0.25) is 0 Å². The Morgan fingerprint density at radius 3 is 1.51 bits per heavy atom. The zero-order valence-corrected chi connectivity index (χ0v) is 35.4. The molecule has 0 atom stereocenters.